The molecule has 0 N–H and O–H groups in total. The van der Waals surface area contributed by atoms with Crippen molar-refractivity contribution in [1.29, 1.82) is 5.26 Å². The van der Waals surface area contributed by atoms with E-state index in [0.29, 0.717) is 22.6 Å². The van der Waals surface area contributed by atoms with Gasteiger partial charge in [-0.1, -0.05) is 30.3 Å². The number of rotatable bonds is 13. The van der Waals surface area contributed by atoms with Gasteiger partial charge in [-0.2, -0.15) is 5.26 Å². The third-order valence-corrected chi connectivity index (χ3v) is 6.93. The molecule has 0 saturated carbocycles. The Bertz CT molecular complexity index is 900. The largest absolute Gasteiger partial charge is 0.497 e. The zero-order valence-corrected chi connectivity index (χ0v) is 21.0. The normalized spacial score (nSPS) is 13.1. The molecule has 2 aromatic carbocycles. The number of hydrogen-bond acceptors (Lipinski definition) is 7. The summed E-state index contributed by atoms with van der Waals surface area (Å²) in [4.78, 5) is 13.6. The topological polar surface area (TPSA) is 81.0 Å². The van der Waals surface area contributed by atoms with Gasteiger partial charge in [-0.3, -0.25) is 4.79 Å². The van der Waals surface area contributed by atoms with Crippen LogP contribution in [0.25, 0.3) is 0 Å². The van der Waals surface area contributed by atoms with Gasteiger partial charge in [0.15, 0.2) is 11.9 Å². The Morgan fingerprint density at radius 1 is 1.00 bits per heavy atom. The average Bonchev–Trinajstić information content (AvgIpc) is 2.81. The lowest BCUT2D eigenvalue weighted by Gasteiger charge is -2.37. The number of ether oxygens (including phenoxy) is 2. The molecule has 2 rings (SSSR count). The van der Waals surface area contributed by atoms with Gasteiger partial charge in [0.2, 0.25) is 0 Å². The van der Waals surface area contributed by atoms with Gasteiger partial charge in [0.1, 0.15) is 11.5 Å². The summed E-state index contributed by atoms with van der Waals surface area (Å²) in [5, 5.41) is 8.99. The van der Waals surface area contributed by atoms with Crippen LogP contribution in [0.5, 0.6) is 11.5 Å². The molecule has 0 fully saturated rings. The van der Waals surface area contributed by atoms with Gasteiger partial charge in [-0.15, -0.1) is 0 Å². The molecule has 2 aromatic rings. The van der Waals surface area contributed by atoms with Crippen molar-refractivity contribution in [2.75, 3.05) is 20.8 Å². The highest BCUT2D eigenvalue weighted by Gasteiger charge is 2.34. The first-order valence-corrected chi connectivity index (χ1v) is 12.0. The van der Waals surface area contributed by atoms with Crippen molar-refractivity contribution in [3.8, 4) is 17.6 Å². The van der Waals surface area contributed by atoms with Crippen LogP contribution in [0.3, 0.4) is 0 Å². The number of nitrogens with zero attached hydrogens (tertiary/aromatic N) is 2. The maximum absolute atomic E-state index is 13.6. The molecule has 0 aliphatic carbocycles. The number of hydrogen-bond donors (Lipinski definition) is 0. The highest BCUT2D eigenvalue weighted by Crippen LogP contribution is 2.50. The Kier molecular flexibility index (Phi) is 10.8. The van der Waals surface area contributed by atoms with Crippen molar-refractivity contribution in [3.63, 3.8) is 0 Å². The molecule has 0 saturated heterocycles. The van der Waals surface area contributed by atoms with Crippen LogP contribution in [-0.2, 0) is 9.05 Å². The molecular formula is C25H33N2O5P. The summed E-state index contributed by atoms with van der Waals surface area (Å²) in [7, 11) is 1.47. The highest BCUT2D eigenvalue weighted by atomic mass is 31.2. The molecule has 2 unspecified atom stereocenters. The molecule has 0 aliphatic rings. The lowest BCUT2D eigenvalue weighted by Crippen LogP contribution is -2.34. The molecule has 2 atom stereocenters. The molecule has 0 spiro atoms. The molecule has 0 aliphatic heterocycles. The van der Waals surface area contributed by atoms with Crippen molar-refractivity contribution in [2.24, 2.45) is 0 Å². The maximum atomic E-state index is 13.6. The van der Waals surface area contributed by atoms with Crippen LogP contribution >= 0.6 is 8.53 Å². The number of methoxy groups -OCH3 is 2. The Hall–Kier alpha value is -2.49. The molecule has 0 aromatic heterocycles. The second-order valence-electron chi connectivity index (χ2n) is 7.91. The second-order valence-corrected chi connectivity index (χ2v) is 9.31. The number of carbonyl (C=O) groups is 1. The number of carbonyl (C=O) groups excluding carboxylic acids is 1. The molecule has 178 valence electrons. The molecule has 0 heterocycles. The van der Waals surface area contributed by atoms with E-state index in [4.69, 9.17) is 23.8 Å². The summed E-state index contributed by atoms with van der Waals surface area (Å²) in [6, 6.07) is 16.6. The zero-order valence-electron chi connectivity index (χ0n) is 20.1. The third-order valence-electron chi connectivity index (χ3n) is 4.83. The molecule has 7 nitrogen and oxygen atoms in total. The van der Waals surface area contributed by atoms with E-state index >= 15 is 0 Å². The highest BCUT2D eigenvalue weighted by molar-refractivity contribution is 7.44. The van der Waals surface area contributed by atoms with Crippen molar-refractivity contribution in [2.45, 2.75) is 52.3 Å². The Morgan fingerprint density at radius 3 is 2.06 bits per heavy atom. The van der Waals surface area contributed by atoms with E-state index in [1.165, 1.54) is 0 Å². The van der Waals surface area contributed by atoms with Gasteiger partial charge in [-0.05, 0) is 45.4 Å². The van der Waals surface area contributed by atoms with Crippen LogP contribution in [0.1, 0.15) is 56.1 Å². The first kappa shape index (κ1) is 26.8. The van der Waals surface area contributed by atoms with E-state index < -0.39 is 14.6 Å². The zero-order chi connectivity index (χ0) is 24.4. The van der Waals surface area contributed by atoms with Gasteiger partial charge >= 0.3 is 0 Å². The van der Waals surface area contributed by atoms with Crippen LogP contribution in [0.15, 0.2) is 48.5 Å². The third kappa shape index (κ3) is 7.52. The Morgan fingerprint density at radius 2 is 1.58 bits per heavy atom. The first-order chi connectivity index (χ1) is 15.8. The monoisotopic (exact) mass is 472 g/mol. The van der Waals surface area contributed by atoms with E-state index in [0.717, 1.165) is 0 Å². The molecule has 8 heteroatoms. The minimum absolute atomic E-state index is 0.102. The molecule has 0 bridgehead atoms. The van der Waals surface area contributed by atoms with E-state index in [1.54, 1.807) is 44.6 Å². The minimum Gasteiger partial charge on any atom is -0.497 e. The first-order valence-electron chi connectivity index (χ1n) is 10.9. The lowest BCUT2D eigenvalue weighted by molar-refractivity contribution is 0.0729. The summed E-state index contributed by atoms with van der Waals surface area (Å²) in [6.07, 6.45) is -0.721. The van der Waals surface area contributed by atoms with Gasteiger partial charge in [0, 0.05) is 23.7 Å². The minimum atomic E-state index is -1.65. The van der Waals surface area contributed by atoms with Crippen LogP contribution < -0.4 is 9.47 Å². The van der Waals surface area contributed by atoms with Gasteiger partial charge in [-0.25, -0.2) is 4.67 Å². The molecule has 0 amide bonds. The Balaban J connectivity index is 2.54. The van der Waals surface area contributed by atoms with Crippen molar-refractivity contribution < 1.29 is 23.3 Å². The van der Waals surface area contributed by atoms with E-state index in [9.17, 15) is 4.79 Å². The summed E-state index contributed by atoms with van der Waals surface area (Å²) in [6.45, 7) is 8.42. The fourth-order valence-electron chi connectivity index (χ4n) is 3.38. The van der Waals surface area contributed by atoms with Crippen LogP contribution in [0.2, 0.25) is 0 Å². The molecule has 33 heavy (non-hydrogen) atoms. The summed E-state index contributed by atoms with van der Waals surface area (Å²) in [5.41, 5.74) is 1.13. The molecule has 0 radical (unpaired) electrons. The van der Waals surface area contributed by atoms with Crippen molar-refractivity contribution in [1.82, 2.24) is 4.67 Å². The smallest absolute Gasteiger partial charge is 0.260 e. The fourth-order valence-corrected chi connectivity index (χ4v) is 5.08. The number of benzene rings is 2. The van der Waals surface area contributed by atoms with Gasteiger partial charge in [0.05, 0.1) is 33.3 Å². The summed E-state index contributed by atoms with van der Waals surface area (Å²) >= 11 is 0. The van der Waals surface area contributed by atoms with Crippen molar-refractivity contribution in [3.05, 3.63) is 59.7 Å². The number of ketones is 1. The number of nitriles is 1. The van der Waals surface area contributed by atoms with Crippen LogP contribution in [0, 0.1) is 11.3 Å². The number of Topliss-reactive ketones (excluding diaryl/α,β-unsaturated/α-hetero) is 1. The van der Waals surface area contributed by atoms with E-state index in [2.05, 4.69) is 38.4 Å². The predicted molar refractivity (Wildman–Crippen MR) is 129 cm³/mol. The van der Waals surface area contributed by atoms with Crippen LogP contribution in [-0.4, -0.2) is 43.4 Å². The van der Waals surface area contributed by atoms with E-state index in [-0.39, 0.29) is 30.9 Å². The lowest BCUT2D eigenvalue weighted by atomic mass is 9.99. The SMILES string of the molecule is COc1cc(OC)cc(C(OP(OCCC#N)N(C(C)C)C(C)C)C(=O)c2ccccc2)c1. The quantitative estimate of drug-likeness (QED) is 0.203. The van der Waals surface area contributed by atoms with Crippen LogP contribution in [0.4, 0.5) is 0 Å². The average molecular weight is 473 g/mol. The van der Waals surface area contributed by atoms with Gasteiger partial charge < -0.3 is 18.5 Å². The second kappa shape index (κ2) is 13.3. The van der Waals surface area contributed by atoms with E-state index in [1.807, 2.05) is 18.2 Å². The summed E-state index contributed by atoms with van der Waals surface area (Å²) in [5.74, 6) is 0.908. The molecular weight excluding hydrogens is 439 g/mol. The van der Waals surface area contributed by atoms with Crippen molar-refractivity contribution >= 4 is 14.3 Å². The standard InChI is InChI=1S/C25H33N2O5P/c1-18(2)27(19(3)4)33(31-14-10-13-26)32-25(24(28)20-11-8-7-9-12-20)21-15-22(29-5)17-23(16-21)30-6/h7-9,11-12,15-19,25H,10,14H2,1-6H3. The van der Waals surface area contributed by atoms with Gasteiger partial charge in [0.25, 0.3) is 8.53 Å². The Labute approximate surface area is 198 Å². The summed E-state index contributed by atoms with van der Waals surface area (Å²) < 4.78 is 25.5. The fraction of sp³-hybridized carbons (Fsp3) is 0.440. The predicted octanol–water partition coefficient (Wildman–Crippen LogP) is 5.92. The maximum Gasteiger partial charge on any atom is 0.260 e.